The van der Waals surface area contributed by atoms with Crippen LogP contribution in [0.4, 0.5) is 10.1 Å². The van der Waals surface area contributed by atoms with Crippen LogP contribution in [0.2, 0.25) is 0 Å². The van der Waals surface area contributed by atoms with Crippen LogP contribution in [-0.4, -0.2) is 15.9 Å². The Morgan fingerprint density at radius 3 is 2.94 bits per heavy atom. The molecule has 0 bridgehead atoms. The van der Waals surface area contributed by atoms with Crippen LogP contribution in [0, 0.1) is 9.39 Å². The highest BCUT2D eigenvalue weighted by Crippen LogP contribution is 2.17. The van der Waals surface area contributed by atoms with Crippen LogP contribution in [0.1, 0.15) is 10.5 Å². The van der Waals surface area contributed by atoms with Crippen molar-refractivity contribution < 1.29 is 9.18 Å². The minimum absolute atomic E-state index is 0.153. The second-order valence-corrected chi connectivity index (χ2v) is 4.29. The van der Waals surface area contributed by atoms with Crippen molar-refractivity contribution in [2.24, 2.45) is 0 Å². The molecule has 0 spiro atoms. The number of rotatable bonds is 2. The number of H-pyrrole nitrogens is 1. The largest absolute Gasteiger partial charge is 0.341 e. The van der Waals surface area contributed by atoms with E-state index in [0.717, 1.165) is 3.57 Å². The molecular weight excluding hydrogens is 324 g/mol. The first-order chi connectivity index (χ1) is 7.66. The molecule has 16 heavy (non-hydrogen) atoms. The van der Waals surface area contributed by atoms with Crippen LogP contribution in [0.5, 0.6) is 0 Å². The van der Waals surface area contributed by atoms with Gasteiger partial charge in [-0.1, -0.05) is 0 Å². The summed E-state index contributed by atoms with van der Waals surface area (Å²) in [5.74, 6) is -0.877. The zero-order valence-corrected chi connectivity index (χ0v) is 10.2. The second-order valence-electron chi connectivity index (χ2n) is 3.04. The summed E-state index contributed by atoms with van der Waals surface area (Å²) in [5, 5.41) is 2.45. The monoisotopic (exact) mass is 331 g/mol. The Balaban J connectivity index is 2.18. The van der Waals surface area contributed by atoms with E-state index in [1.54, 1.807) is 6.07 Å². The van der Waals surface area contributed by atoms with Gasteiger partial charge in [-0.3, -0.25) is 4.79 Å². The summed E-state index contributed by atoms with van der Waals surface area (Å²) >= 11 is 2.00. The first-order valence-electron chi connectivity index (χ1n) is 4.41. The van der Waals surface area contributed by atoms with E-state index in [2.05, 4.69) is 15.3 Å². The molecule has 6 heteroatoms. The molecule has 4 nitrogen and oxygen atoms in total. The summed E-state index contributed by atoms with van der Waals surface area (Å²) in [6, 6.07) is 4.58. The lowest BCUT2D eigenvalue weighted by atomic mass is 10.3. The first-order valence-corrected chi connectivity index (χ1v) is 5.49. The number of nitrogens with zero attached hydrogens (tertiary/aromatic N) is 1. The number of carbonyl (C=O) groups is 1. The van der Waals surface area contributed by atoms with Gasteiger partial charge in [0.15, 0.2) is 0 Å². The molecule has 0 radical (unpaired) electrons. The molecule has 2 rings (SSSR count). The maximum absolute atomic E-state index is 13.4. The summed E-state index contributed by atoms with van der Waals surface area (Å²) in [4.78, 5) is 17.9. The maximum atomic E-state index is 13.4. The molecule has 0 aliphatic heterocycles. The SMILES string of the molecule is O=C(Nc1ccc(I)cc1F)c1cnc[nH]1. The van der Waals surface area contributed by atoms with Crippen molar-refractivity contribution in [3.63, 3.8) is 0 Å². The topological polar surface area (TPSA) is 57.8 Å². The van der Waals surface area contributed by atoms with Gasteiger partial charge in [0.25, 0.3) is 5.91 Å². The Morgan fingerprint density at radius 1 is 1.50 bits per heavy atom. The number of benzene rings is 1. The van der Waals surface area contributed by atoms with E-state index in [9.17, 15) is 9.18 Å². The molecule has 0 aliphatic carbocycles. The zero-order valence-electron chi connectivity index (χ0n) is 8.00. The molecule has 82 valence electrons. The van der Waals surface area contributed by atoms with Crippen molar-refractivity contribution in [2.75, 3.05) is 5.32 Å². The fraction of sp³-hybridized carbons (Fsp3) is 0. The van der Waals surface area contributed by atoms with Crippen molar-refractivity contribution in [3.05, 3.63) is 45.8 Å². The van der Waals surface area contributed by atoms with Crippen LogP contribution >= 0.6 is 22.6 Å². The predicted octanol–water partition coefficient (Wildman–Crippen LogP) is 2.41. The molecule has 1 aromatic heterocycles. The van der Waals surface area contributed by atoms with Gasteiger partial charge in [-0.05, 0) is 40.8 Å². The van der Waals surface area contributed by atoms with Crippen molar-refractivity contribution in [1.82, 2.24) is 9.97 Å². The molecule has 1 heterocycles. The Hall–Kier alpha value is -1.44. The zero-order chi connectivity index (χ0) is 11.5. The number of anilines is 1. The number of aromatic nitrogens is 2. The number of amides is 1. The molecular formula is C10H7FIN3O. The normalized spacial score (nSPS) is 10.1. The van der Waals surface area contributed by atoms with Gasteiger partial charge in [-0.2, -0.15) is 0 Å². The quantitative estimate of drug-likeness (QED) is 0.831. The van der Waals surface area contributed by atoms with E-state index >= 15 is 0 Å². The molecule has 2 N–H and O–H groups in total. The smallest absolute Gasteiger partial charge is 0.273 e. The van der Waals surface area contributed by atoms with Gasteiger partial charge in [-0.25, -0.2) is 9.37 Å². The number of carbonyl (C=O) groups excluding carboxylic acids is 1. The Labute approximate surface area is 104 Å². The lowest BCUT2D eigenvalue weighted by Crippen LogP contribution is -2.13. The fourth-order valence-corrected chi connectivity index (χ4v) is 1.61. The number of nitrogens with one attached hydrogen (secondary N) is 2. The molecule has 1 amide bonds. The number of halogens is 2. The minimum atomic E-state index is -0.459. The predicted molar refractivity (Wildman–Crippen MR) is 65.7 cm³/mol. The van der Waals surface area contributed by atoms with E-state index in [1.165, 1.54) is 24.7 Å². The van der Waals surface area contributed by atoms with Gasteiger partial charge in [0.1, 0.15) is 11.5 Å². The minimum Gasteiger partial charge on any atom is -0.341 e. The Morgan fingerprint density at radius 2 is 2.31 bits per heavy atom. The number of hydrogen-bond donors (Lipinski definition) is 2. The molecule has 0 saturated carbocycles. The van der Waals surface area contributed by atoms with E-state index < -0.39 is 11.7 Å². The third-order valence-electron chi connectivity index (χ3n) is 1.92. The van der Waals surface area contributed by atoms with Crippen molar-refractivity contribution in [3.8, 4) is 0 Å². The standard InChI is InChI=1S/C10H7FIN3O/c11-7-3-6(12)1-2-8(7)15-10(16)9-4-13-5-14-9/h1-5H,(H,13,14)(H,15,16). The van der Waals surface area contributed by atoms with Gasteiger partial charge in [0.2, 0.25) is 0 Å². The van der Waals surface area contributed by atoms with Crippen LogP contribution in [-0.2, 0) is 0 Å². The second kappa shape index (κ2) is 4.60. The molecule has 0 atom stereocenters. The van der Waals surface area contributed by atoms with Gasteiger partial charge in [0.05, 0.1) is 18.2 Å². The third kappa shape index (κ3) is 2.38. The van der Waals surface area contributed by atoms with Gasteiger partial charge >= 0.3 is 0 Å². The summed E-state index contributed by atoms with van der Waals surface area (Å²) in [7, 11) is 0. The number of hydrogen-bond acceptors (Lipinski definition) is 2. The maximum Gasteiger partial charge on any atom is 0.273 e. The summed E-state index contributed by atoms with van der Waals surface area (Å²) in [6.07, 6.45) is 2.76. The molecule has 0 aliphatic rings. The van der Waals surface area contributed by atoms with Crippen molar-refractivity contribution in [1.29, 1.82) is 0 Å². The Bertz CT molecular complexity index is 513. The molecule has 0 unspecified atom stereocenters. The van der Waals surface area contributed by atoms with Gasteiger partial charge in [0, 0.05) is 3.57 Å². The molecule has 1 aromatic carbocycles. The summed E-state index contributed by atoms with van der Waals surface area (Å²) < 4.78 is 14.2. The summed E-state index contributed by atoms with van der Waals surface area (Å²) in [5.41, 5.74) is 0.443. The highest BCUT2D eigenvalue weighted by molar-refractivity contribution is 14.1. The fourth-order valence-electron chi connectivity index (χ4n) is 1.16. The summed E-state index contributed by atoms with van der Waals surface area (Å²) in [6.45, 7) is 0. The number of imidazole rings is 1. The van der Waals surface area contributed by atoms with Crippen molar-refractivity contribution >= 4 is 34.2 Å². The molecule has 0 saturated heterocycles. The van der Waals surface area contributed by atoms with Crippen LogP contribution in [0.3, 0.4) is 0 Å². The molecule has 0 fully saturated rings. The lowest BCUT2D eigenvalue weighted by Gasteiger charge is -2.04. The van der Waals surface area contributed by atoms with E-state index in [4.69, 9.17) is 0 Å². The average molecular weight is 331 g/mol. The van der Waals surface area contributed by atoms with Crippen molar-refractivity contribution in [2.45, 2.75) is 0 Å². The van der Waals surface area contributed by atoms with E-state index in [-0.39, 0.29) is 11.4 Å². The van der Waals surface area contributed by atoms with Crippen LogP contribution in [0.15, 0.2) is 30.7 Å². The van der Waals surface area contributed by atoms with E-state index in [1.807, 2.05) is 22.6 Å². The van der Waals surface area contributed by atoms with Crippen LogP contribution < -0.4 is 5.32 Å². The van der Waals surface area contributed by atoms with Gasteiger partial charge in [-0.15, -0.1) is 0 Å². The van der Waals surface area contributed by atoms with Gasteiger partial charge < -0.3 is 10.3 Å². The Kier molecular flexibility index (Phi) is 3.18. The van der Waals surface area contributed by atoms with E-state index in [0.29, 0.717) is 0 Å². The first kappa shape index (κ1) is 11.1. The highest BCUT2D eigenvalue weighted by Gasteiger charge is 2.10. The average Bonchev–Trinajstić information content (AvgIpc) is 2.75. The number of aromatic amines is 1. The highest BCUT2D eigenvalue weighted by atomic mass is 127. The lowest BCUT2D eigenvalue weighted by molar-refractivity contribution is 0.102. The molecule has 2 aromatic rings. The third-order valence-corrected chi connectivity index (χ3v) is 2.59. The van der Waals surface area contributed by atoms with Crippen LogP contribution in [0.25, 0.3) is 0 Å².